The number of benzene rings is 1. The molecule has 0 atom stereocenters. The number of aromatic nitrogens is 3. The Balaban J connectivity index is 1.65. The number of carbonyl (C=O) groups is 1. The quantitative estimate of drug-likeness (QED) is 0.689. The molecule has 0 amide bonds. The van der Waals surface area contributed by atoms with Crippen molar-refractivity contribution in [1.82, 2.24) is 14.8 Å². The Morgan fingerprint density at radius 2 is 1.90 bits per heavy atom. The van der Waals surface area contributed by atoms with Crippen LogP contribution in [0.3, 0.4) is 0 Å². The summed E-state index contributed by atoms with van der Waals surface area (Å²) in [5.74, 6) is -0.368. The van der Waals surface area contributed by atoms with E-state index in [1.54, 1.807) is 29.2 Å². The molecule has 0 unspecified atom stereocenters. The Morgan fingerprint density at radius 3 is 2.57 bits per heavy atom. The monoisotopic (exact) mass is 279 g/mol. The molecule has 0 aliphatic heterocycles. The fraction of sp³-hybridized carbons (Fsp3) is 0.0625. The number of esters is 1. The standard InChI is InChI=1S/C16H13N3O2/c20-16(21-12-14-4-1-2-9-17-14)13-5-7-15(8-6-13)19-11-3-10-18-19/h1-11H,12H2. The summed E-state index contributed by atoms with van der Waals surface area (Å²) in [5.41, 5.74) is 2.11. The van der Waals surface area contributed by atoms with E-state index >= 15 is 0 Å². The minimum atomic E-state index is -0.368. The summed E-state index contributed by atoms with van der Waals surface area (Å²) in [4.78, 5) is 16.0. The molecule has 2 heterocycles. The number of nitrogens with zero attached hydrogens (tertiary/aromatic N) is 3. The molecule has 0 radical (unpaired) electrons. The van der Waals surface area contributed by atoms with Crippen molar-refractivity contribution in [1.29, 1.82) is 0 Å². The van der Waals surface area contributed by atoms with E-state index in [2.05, 4.69) is 10.1 Å². The second-order valence-electron chi connectivity index (χ2n) is 4.39. The van der Waals surface area contributed by atoms with Gasteiger partial charge < -0.3 is 4.74 Å². The van der Waals surface area contributed by atoms with Crippen molar-refractivity contribution in [3.63, 3.8) is 0 Å². The lowest BCUT2D eigenvalue weighted by molar-refractivity contribution is 0.0468. The van der Waals surface area contributed by atoms with E-state index in [1.807, 2.05) is 42.6 Å². The Hall–Kier alpha value is -2.95. The van der Waals surface area contributed by atoms with E-state index in [0.717, 1.165) is 11.4 Å². The molecular weight excluding hydrogens is 266 g/mol. The Labute approximate surface area is 121 Å². The third-order valence-corrected chi connectivity index (χ3v) is 2.95. The summed E-state index contributed by atoms with van der Waals surface area (Å²) >= 11 is 0. The van der Waals surface area contributed by atoms with Crippen LogP contribution in [-0.4, -0.2) is 20.7 Å². The van der Waals surface area contributed by atoms with Crippen LogP contribution in [0.4, 0.5) is 0 Å². The molecule has 0 N–H and O–H groups in total. The summed E-state index contributed by atoms with van der Waals surface area (Å²) in [6.45, 7) is 0.167. The third-order valence-electron chi connectivity index (χ3n) is 2.95. The Bertz CT molecular complexity index is 707. The van der Waals surface area contributed by atoms with E-state index in [1.165, 1.54) is 0 Å². The van der Waals surface area contributed by atoms with Gasteiger partial charge in [0.2, 0.25) is 0 Å². The second kappa shape index (κ2) is 6.00. The zero-order valence-electron chi connectivity index (χ0n) is 11.2. The Morgan fingerprint density at radius 1 is 1.05 bits per heavy atom. The van der Waals surface area contributed by atoms with E-state index < -0.39 is 0 Å². The van der Waals surface area contributed by atoms with Crippen LogP contribution in [0, 0.1) is 0 Å². The fourth-order valence-corrected chi connectivity index (χ4v) is 1.88. The van der Waals surface area contributed by atoms with Gasteiger partial charge in [-0.05, 0) is 42.5 Å². The highest BCUT2D eigenvalue weighted by Crippen LogP contribution is 2.10. The van der Waals surface area contributed by atoms with E-state index in [9.17, 15) is 4.79 Å². The van der Waals surface area contributed by atoms with Gasteiger partial charge in [0, 0.05) is 18.6 Å². The number of carbonyl (C=O) groups excluding carboxylic acids is 1. The molecule has 104 valence electrons. The molecule has 0 fully saturated rings. The highest BCUT2D eigenvalue weighted by Gasteiger charge is 2.08. The van der Waals surface area contributed by atoms with Crippen LogP contribution in [0.5, 0.6) is 0 Å². The van der Waals surface area contributed by atoms with Crippen LogP contribution in [0.1, 0.15) is 16.1 Å². The highest BCUT2D eigenvalue weighted by atomic mass is 16.5. The van der Waals surface area contributed by atoms with Crippen LogP contribution in [0.15, 0.2) is 67.1 Å². The van der Waals surface area contributed by atoms with Gasteiger partial charge in [-0.1, -0.05) is 6.07 Å². The SMILES string of the molecule is O=C(OCc1ccccn1)c1ccc(-n2cccn2)cc1. The van der Waals surface area contributed by atoms with Gasteiger partial charge in [0.15, 0.2) is 0 Å². The molecule has 0 aliphatic carbocycles. The molecule has 21 heavy (non-hydrogen) atoms. The molecule has 3 rings (SSSR count). The van der Waals surface area contributed by atoms with E-state index in [4.69, 9.17) is 4.74 Å². The van der Waals surface area contributed by atoms with E-state index in [0.29, 0.717) is 5.56 Å². The van der Waals surface area contributed by atoms with Crippen molar-refractivity contribution in [2.45, 2.75) is 6.61 Å². The van der Waals surface area contributed by atoms with Crippen molar-refractivity contribution in [3.8, 4) is 5.69 Å². The van der Waals surface area contributed by atoms with Gasteiger partial charge in [-0.25, -0.2) is 9.48 Å². The molecule has 5 heteroatoms. The first kappa shape index (κ1) is 13.1. The van der Waals surface area contributed by atoms with Gasteiger partial charge in [0.25, 0.3) is 0 Å². The molecule has 3 aromatic rings. The first-order valence-corrected chi connectivity index (χ1v) is 6.50. The van der Waals surface area contributed by atoms with Crippen molar-refractivity contribution in [3.05, 3.63) is 78.4 Å². The summed E-state index contributed by atoms with van der Waals surface area (Å²) in [7, 11) is 0. The van der Waals surface area contributed by atoms with Crippen molar-refractivity contribution >= 4 is 5.97 Å². The summed E-state index contributed by atoms with van der Waals surface area (Å²) in [5, 5.41) is 4.13. The average molecular weight is 279 g/mol. The summed E-state index contributed by atoms with van der Waals surface area (Å²) in [6.07, 6.45) is 5.21. The van der Waals surface area contributed by atoms with Crippen molar-refractivity contribution in [2.75, 3.05) is 0 Å². The minimum Gasteiger partial charge on any atom is -0.456 e. The van der Waals surface area contributed by atoms with Crippen LogP contribution in [0.25, 0.3) is 5.69 Å². The van der Waals surface area contributed by atoms with Crippen LogP contribution >= 0.6 is 0 Å². The first-order valence-electron chi connectivity index (χ1n) is 6.50. The molecule has 0 spiro atoms. The zero-order valence-corrected chi connectivity index (χ0v) is 11.2. The van der Waals surface area contributed by atoms with Gasteiger partial charge >= 0.3 is 5.97 Å². The number of pyridine rings is 1. The molecule has 1 aromatic carbocycles. The van der Waals surface area contributed by atoms with Crippen LogP contribution < -0.4 is 0 Å². The predicted octanol–water partition coefficient (Wildman–Crippen LogP) is 2.62. The third kappa shape index (κ3) is 3.14. The summed E-state index contributed by atoms with van der Waals surface area (Å²) in [6, 6.07) is 14.4. The highest BCUT2D eigenvalue weighted by molar-refractivity contribution is 5.89. The molecule has 0 saturated heterocycles. The topological polar surface area (TPSA) is 57.0 Å². The molecule has 0 bridgehead atoms. The number of hydrogen-bond acceptors (Lipinski definition) is 4. The molecular formula is C16H13N3O2. The van der Waals surface area contributed by atoms with E-state index in [-0.39, 0.29) is 12.6 Å². The molecule has 2 aromatic heterocycles. The lowest BCUT2D eigenvalue weighted by Gasteiger charge is -2.05. The normalized spacial score (nSPS) is 10.3. The van der Waals surface area contributed by atoms with Gasteiger partial charge in [0.05, 0.1) is 16.9 Å². The zero-order chi connectivity index (χ0) is 14.5. The summed E-state index contributed by atoms with van der Waals surface area (Å²) < 4.78 is 6.95. The van der Waals surface area contributed by atoms with Crippen molar-refractivity contribution in [2.24, 2.45) is 0 Å². The fourth-order valence-electron chi connectivity index (χ4n) is 1.88. The lowest BCUT2D eigenvalue weighted by Crippen LogP contribution is -2.06. The van der Waals surface area contributed by atoms with Gasteiger partial charge in [-0.15, -0.1) is 0 Å². The maximum absolute atomic E-state index is 11.9. The first-order chi connectivity index (χ1) is 10.3. The lowest BCUT2D eigenvalue weighted by atomic mass is 10.2. The van der Waals surface area contributed by atoms with Gasteiger partial charge in [-0.2, -0.15) is 5.10 Å². The predicted molar refractivity (Wildman–Crippen MR) is 76.9 cm³/mol. The minimum absolute atomic E-state index is 0.167. The number of hydrogen-bond donors (Lipinski definition) is 0. The maximum Gasteiger partial charge on any atom is 0.338 e. The van der Waals surface area contributed by atoms with Crippen LogP contribution in [-0.2, 0) is 11.3 Å². The smallest absolute Gasteiger partial charge is 0.338 e. The number of rotatable bonds is 4. The molecule has 5 nitrogen and oxygen atoms in total. The number of ether oxygens (including phenoxy) is 1. The molecule has 0 aliphatic rings. The average Bonchev–Trinajstić information content (AvgIpc) is 3.08. The van der Waals surface area contributed by atoms with Crippen molar-refractivity contribution < 1.29 is 9.53 Å². The maximum atomic E-state index is 11.9. The largest absolute Gasteiger partial charge is 0.456 e. The molecule has 0 saturated carbocycles. The Kier molecular flexibility index (Phi) is 3.73. The van der Waals surface area contributed by atoms with Gasteiger partial charge in [0.1, 0.15) is 6.61 Å². The van der Waals surface area contributed by atoms with Gasteiger partial charge in [-0.3, -0.25) is 4.98 Å². The second-order valence-corrected chi connectivity index (χ2v) is 4.39. The van der Waals surface area contributed by atoms with Crippen LogP contribution in [0.2, 0.25) is 0 Å².